The fraction of sp³-hybridized carbons (Fsp3) is 0.167. The first-order valence-corrected chi connectivity index (χ1v) is 6.16. The Morgan fingerprint density at radius 2 is 2.35 bits per heavy atom. The van der Waals surface area contributed by atoms with Gasteiger partial charge >= 0.3 is 0 Å². The molecule has 17 heavy (non-hydrogen) atoms. The Balaban J connectivity index is 1.70. The Bertz CT molecular complexity index is 514. The second-order valence-corrected chi connectivity index (χ2v) is 4.64. The zero-order chi connectivity index (χ0) is 11.7. The highest BCUT2D eigenvalue weighted by Crippen LogP contribution is 2.28. The number of hydrogen-bond donors (Lipinski definition) is 1. The standard InChI is InChI=1S/C12H10N2O2S/c15-11(14-12-13-5-6-17-12)10-7-8-3-1-2-4-9(8)16-10/h1-6,10H,7H2,(H,13,14,15). The zero-order valence-corrected chi connectivity index (χ0v) is 9.74. The zero-order valence-electron chi connectivity index (χ0n) is 8.92. The third kappa shape index (κ3) is 2.01. The summed E-state index contributed by atoms with van der Waals surface area (Å²) in [6.07, 6.45) is 1.83. The number of amides is 1. The van der Waals surface area contributed by atoms with Gasteiger partial charge in [-0.25, -0.2) is 4.98 Å². The SMILES string of the molecule is O=C(Nc1nccs1)C1Cc2ccccc2O1. The average Bonchev–Trinajstić information content (AvgIpc) is 2.96. The first kappa shape index (κ1) is 10.3. The lowest BCUT2D eigenvalue weighted by Gasteiger charge is -2.09. The number of rotatable bonds is 2. The number of nitrogens with zero attached hydrogens (tertiary/aromatic N) is 1. The van der Waals surface area contributed by atoms with Crippen LogP contribution in [-0.4, -0.2) is 17.0 Å². The van der Waals surface area contributed by atoms with Crippen molar-refractivity contribution in [3.8, 4) is 5.75 Å². The summed E-state index contributed by atoms with van der Waals surface area (Å²) >= 11 is 1.40. The topological polar surface area (TPSA) is 51.2 Å². The Hall–Kier alpha value is -1.88. The summed E-state index contributed by atoms with van der Waals surface area (Å²) in [7, 11) is 0. The number of thiazole rings is 1. The van der Waals surface area contributed by atoms with Gasteiger partial charge in [-0.05, 0) is 11.6 Å². The molecule has 1 amide bonds. The number of carbonyl (C=O) groups excluding carboxylic acids is 1. The monoisotopic (exact) mass is 246 g/mol. The molecule has 86 valence electrons. The van der Waals surface area contributed by atoms with Crippen molar-refractivity contribution in [2.45, 2.75) is 12.5 Å². The third-order valence-electron chi connectivity index (χ3n) is 2.60. The Morgan fingerprint density at radius 3 is 3.12 bits per heavy atom. The molecule has 0 saturated carbocycles. The molecule has 1 N–H and O–H groups in total. The molecule has 0 fully saturated rings. The molecule has 3 rings (SSSR count). The van der Waals surface area contributed by atoms with Crippen molar-refractivity contribution in [3.63, 3.8) is 0 Å². The number of carbonyl (C=O) groups is 1. The smallest absolute Gasteiger partial charge is 0.267 e. The van der Waals surface area contributed by atoms with Gasteiger partial charge in [0.05, 0.1) is 0 Å². The van der Waals surface area contributed by atoms with Crippen LogP contribution in [0.5, 0.6) is 5.75 Å². The van der Waals surface area contributed by atoms with Crippen LogP contribution in [0.3, 0.4) is 0 Å². The molecule has 5 heteroatoms. The van der Waals surface area contributed by atoms with Crippen LogP contribution in [0, 0.1) is 0 Å². The molecular weight excluding hydrogens is 236 g/mol. The predicted molar refractivity (Wildman–Crippen MR) is 65.3 cm³/mol. The Morgan fingerprint density at radius 1 is 1.47 bits per heavy atom. The lowest BCUT2D eigenvalue weighted by Crippen LogP contribution is -2.31. The van der Waals surface area contributed by atoms with E-state index in [1.807, 2.05) is 29.6 Å². The Labute approximate surface area is 102 Å². The van der Waals surface area contributed by atoms with Crippen LogP contribution in [0.25, 0.3) is 0 Å². The van der Waals surface area contributed by atoms with Gasteiger partial charge in [-0.1, -0.05) is 18.2 Å². The molecule has 0 saturated heterocycles. The van der Waals surface area contributed by atoms with Gasteiger partial charge in [-0.15, -0.1) is 11.3 Å². The summed E-state index contributed by atoms with van der Waals surface area (Å²) in [6, 6.07) is 7.71. The number of anilines is 1. The van der Waals surface area contributed by atoms with Crippen LogP contribution < -0.4 is 10.1 Å². The molecule has 1 atom stereocenters. The van der Waals surface area contributed by atoms with E-state index in [1.165, 1.54) is 11.3 Å². The highest BCUT2D eigenvalue weighted by molar-refractivity contribution is 7.13. The molecule has 0 bridgehead atoms. The maximum atomic E-state index is 11.9. The predicted octanol–water partition coefficient (Wildman–Crippen LogP) is 2.09. The molecule has 0 spiro atoms. The van der Waals surface area contributed by atoms with Gasteiger partial charge in [0.1, 0.15) is 5.75 Å². The van der Waals surface area contributed by atoms with E-state index in [0.717, 1.165) is 11.3 Å². The molecule has 0 aliphatic carbocycles. The summed E-state index contributed by atoms with van der Waals surface area (Å²) in [5, 5.41) is 5.17. The van der Waals surface area contributed by atoms with Crippen molar-refractivity contribution in [2.24, 2.45) is 0 Å². The van der Waals surface area contributed by atoms with E-state index >= 15 is 0 Å². The van der Waals surface area contributed by atoms with Crippen molar-refractivity contribution >= 4 is 22.4 Å². The van der Waals surface area contributed by atoms with E-state index < -0.39 is 6.10 Å². The number of aromatic nitrogens is 1. The Kier molecular flexibility index (Phi) is 2.53. The van der Waals surface area contributed by atoms with Crippen LogP contribution >= 0.6 is 11.3 Å². The third-order valence-corrected chi connectivity index (χ3v) is 3.29. The number of benzene rings is 1. The largest absolute Gasteiger partial charge is 0.480 e. The second kappa shape index (κ2) is 4.18. The summed E-state index contributed by atoms with van der Waals surface area (Å²) in [5.74, 6) is 0.655. The molecule has 1 aliphatic rings. The second-order valence-electron chi connectivity index (χ2n) is 3.74. The van der Waals surface area contributed by atoms with E-state index in [0.29, 0.717) is 11.6 Å². The molecule has 4 nitrogen and oxygen atoms in total. The van der Waals surface area contributed by atoms with Gasteiger partial charge in [0, 0.05) is 18.0 Å². The van der Waals surface area contributed by atoms with Gasteiger partial charge in [0.25, 0.3) is 5.91 Å². The number of nitrogens with one attached hydrogen (secondary N) is 1. The van der Waals surface area contributed by atoms with Crippen molar-refractivity contribution < 1.29 is 9.53 Å². The summed E-state index contributed by atoms with van der Waals surface area (Å²) in [4.78, 5) is 15.9. The van der Waals surface area contributed by atoms with Crippen molar-refractivity contribution in [2.75, 3.05) is 5.32 Å². The first-order chi connectivity index (χ1) is 8.33. The fourth-order valence-corrected chi connectivity index (χ4v) is 2.33. The van der Waals surface area contributed by atoms with E-state index in [2.05, 4.69) is 10.3 Å². The van der Waals surface area contributed by atoms with E-state index in [4.69, 9.17) is 4.74 Å². The van der Waals surface area contributed by atoms with Gasteiger partial charge in [0.2, 0.25) is 0 Å². The average molecular weight is 246 g/mol. The molecular formula is C12H10N2O2S. The number of para-hydroxylation sites is 1. The molecule has 1 aromatic heterocycles. The number of fused-ring (bicyclic) bond motifs is 1. The fourth-order valence-electron chi connectivity index (χ4n) is 1.80. The van der Waals surface area contributed by atoms with Crippen molar-refractivity contribution in [3.05, 3.63) is 41.4 Å². The summed E-state index contributed by atoms with van der Waals surface area (Å²) in [6.45, 7) is 0. The molecule has 1 aliphatic heterocycles. The van der Waals surface area contributed by atoms with Crippen LogP contribution in [-0.2, 0) is 11.2 Å². The minimum absolute atomic E-state index is 0.142. The summed E-state index contributed by atoms with van der Waals surface area (Å²) in [5.41, 5.74) is 1.08. The van der Waals surface area contributed by atoms with E-state index in [1.54, 1.807) is 6.20 Å². The molecule has 0 radical (unpaired) electrons. The highest BCUT2D eigenvalue weighted by atomic mass is 32.1. The van der Waals surface area contributed by atoms with Gasteiger partial charge in [-0.3, -0.25) is 10.1 Å². The van der Waals surface area contributed by atoms with Crippen LogP contribution in [0.2, 0.25) is 0 Å². The molecule has 2 aromatic rings. The maximum Gasteiger partial charge on any atom is 0.267 e. The molecule has 2 heterocycles. The molecule has 1 aromatic carbocycles. The summed E-state index contributed by atoms with van der Waals surface area (Å²) < 4.78 is 5.58. The van der Waals surface area contributed by atoms with E-state index in [9.17, 15) is 4.79 Å². The lowest BCUT2D eigenvalue weighted by molar-refractivity contribution is -0.122. The number of ether oxygens (including phenoxy) is 1. The highest BCUT2D eigenvalue weighted by Gasteiger charge is 2.28. The normalized spacial score (nSPS) is 17.3. The van der Waals surface area contributed by atoms with Crippen LogP contribution in [0.4, 0.5) is 5.13 Å². The quantitative estimate of drug-likeness (QED) is 0.882. The number of hydrogen-bond acceptors (Lipinski definition) is 4. The van der Waals surface area contributed by atoms with Gasteiger partial charge in [-0.2, -0.15) is 0 Å². The van der Waals surface area contributed by atoms with Crippen LogP contribution in [0.15, 0.2) is 35.8 Å². The maximum absolute atomic E-state index is 11.9. The molecule has 1 unspecified atom stereocenters. The van der Waals surface area contributed by atoms with E-state index in [-0.39, 0.29) is 5.91 Å². The minimum atomic E-state index is -0.448. The van der Waals surface area contributed by atoms with Gasteiger partial charge in [0.15, 0.2) is 11.2 Å². The van der Waals surface area contributed by atoms with Crippen LogP contribution in [0.1, 0.15) is 5.56 Å². The lowest BCUT2D eigenvalue weighted by atomic mass is 10.1. The first-order valence-electron chi connectivity index (χ1n) is 5.28. The van der Waals surface area contributed by atoms with Gasteiger partial charge < -0.3 is 4.74 Å². The van der Waals surface area contributed by atoms with Crippen molar-refractivity contribution in [1.82, 2.24) is 4.98 Å². The minimum Gasteiger partial charge on any atom is -0.480 e. The van der Waals surface area contributed by atoms with Crippen molar-refractivity contribution in [1.29, 1.82) is 0 Å².